The third kappa shape index (κ3) is 3.94. The molecule has 0 atom stereocenters. The zero-order valence-corrected chi connectivity index (χ0v) is 15.2. The van der Waals surface area contributed by atoms with Crippen molar-refractivity contribution in [3.8, 4) is 28.5 Å². The van der Waals surface area contributed by atoms with Crippen molar-refractivity contribution in [3.63, 3.8) is 0 Å². The summed E-state index contributed by atoms with van der Waals surface area (Å²) in [6.45, 7) is 0.329. The average molecular weight is 370 g/mol. The first kappa shape index (κ1) is 17.8. The molecule has 1 amide bonds. The van der Waals surface area contributed by atoms with E-state index >= 15 is 0 Å². The maximum absolute atomic E-state index is 12.3. The first-order valence-electron chi connectivity index (χ1n) is 7.84. The van der Waals surface area contributed by atoms with Gasteiger partial charge < -0.3 is 19.9 Å². The Morgan fingerprint density at radius 2 is 1.85 bits per heavy atom. The number of hydrogen-bond acceptors (Lipinski definition) is 6. The van der Waals surface area contributed by atoms with Gasteiger partial charge in [-0.15, -0.1) is 11.3 Å². The standard InChI is InChI=1S/C19H18N2O4S/c1-24-16-8-5-13(9-17(16)25-2)19(23)20-10-18-21-15(11-26-18)12-3-6-14(22)7-4-12/h3-9,11,22H,10H2,1-2H3,(H,20,23). The first-order chi connectivity index (χ1) is 12.6. The zero-order chi connectivity index (χ0) is 18.5. The number of carbonyl (C=O) groups is 1. The second-order valence-corrected chi connectivity index (χ2v) is 6.37. The predicted molar refractivity (Wildman–Crippen MR) is 99.9 cm³/mol. The molecule has 2 N–H and O–H groups in total. The van der Waals surface area contributed by atoms with Crippen molar-refractivity contribution in [2.24, 2.45) is 0 Å². The molecule has 134 valence electrons. The zero-order valence-electron chi connectivity index (χ0n) is 14.4. The summed E-state index contributed by atoms with van der Waals surface area (Å²) in [5.41, 5.74) is 2.21. The molecule has 2 aromatic carbocycles. The largest absolute Gasteiger partial charge is 0.508 e. The molecule has 0 spiro atoms. The Balaban J connectivity index is 1.66. The summed E-state index contributed by atoms with van der Waals surface area (Å²) in [6, 6.07) is 11.9. The van der Waals surface area contributed by atoms with E-state index < -0.39 is 0 Å². The first-order valence-corrected chi connectivity index (χ1v) is 8.72. The molecule has 6 nitrogen and oxygen atoms in total. The number of carbonyl (C=O) groups excluding carboxylic acids is 1. The Hall–Kier alpha value is -3.06. The predicted octanol–water partition coefficient (Wildman–Crippen LogP) is 3.46. The van der Waals surface area contributed by atoms with Gasteiger partial charge in [0.05, 0.1) is 26.5 Å². The van der Waals surface area contributed by atoms with E-state index in [1.807, 2.05) is 5.38 Å². The number of aromatic hydroxyl groups is 1. The lowest BCUT2D eigenvalue weighted by Gasteiger charge is -2.09. The van der Waals surface area contributed by atoms with E-state index in [9.17, 15) is 9.90 Å². The quantitative estimate of drug-likeness (QED) is 0.694. The lowest BCUT2D eigenvalue weighted by molar-refractivity contribution is 0.0950. The van der Waals surface area contributed by atoms with Crippen LogP contribution in [0.25, 0.3) is 11.3 Å². The second kappa shape index (κ2) is 7.88. The lowest BCUT2D eigenvalue weighted by Crippen LogP contribution is -2.22. The van der Waals surface area contributed by atoms with Crippen LogP contribution in [0.15, 0.2) is 47.8 Å². The van der Waals surface area contributed by atoms with Crippen molar-refractivity contribution >= 4 is 17.2 Å². The van der Waals surface area contributed by atoms with Gasteiger partial charge in [-0.2, -0.15) is 0 Å². The van der Waals surface area contributed by atoms with Gasteiger partial charge in [-0.25, -0.2) is 4.98 Å². The number of thiazole rings is 1. The summed E-state index contributed by atoms with van der Waals surface area (Å²) in [6.07, 6.45) is 0. The fourth-order valence-corrected chi connectivity index (χ4v) is 3.14. The molecule has 3 rings (SSSR count). The minimum atomic E-state index is -0.215. The van der Waals surface area contributed by atoms with Crippen LogP contribution >= 0.6 is 11.3 Å². The molecule has 0 aliphatic rings. The van der Waals surface area contributed by atoms with Crippen LogP contribution < -0.4 is 14.8 Å². The molecule has 0 saturated carbocycles. The van der Waals surface area contributed by atoms with Gasteiger partial charge >= 0.3 is 0 Å². The number of methoxy groups -OCH3 is 2. The highest BCUT2D eigenvalue weighted by molar-refractivity contribution is 7.09. The van der Waals surface area contributed by atoms with E-state index in [0.717, 1.165) is 16.3 Å². The highest BCUT2D eigenvalue weighted by Gasteiger charge is 2.12. The number of rotatable bonds is 6. The second-order valence-electron chi connectivity index (χ2n) is 5.43. The normalized spacial score (nSPS) is 10.4. The van der Waals surface area contributed by atoms with Gasteiger partial charge in [0, 0.05) is 16.5 Å². The maximum atomic E-state index is 12.3. The molecule has 1 aromatic heterocycles. The number of phenols is 1. The van der Waals surface area contributed by atoms with Gasteiger partial charge in [0.2, 0.25) is 0 Å². The molecule has 0 unspecified atom stereocenters. The van der Waals surface area contributed by atoms with Crippen molar-refractivity contribution in [3.05, 3.63) is 58.4 Å². The summed E-state index contributed by atoms with van der Waals surface area (Å²) in [5, 5.41) is 14.9. The summed E-state index contributed by atoms with van der Waals surface area (Å²) in [5.74, 6) is 1.07. The third-order valence-electron chi connectivity index (χ3n) is 3.76. The number of benzene rings is 2. The number of nitrogens with zero attached hydrogens (tertiary/aromatic N) is 1. The molecule has 0 aliphatic heterocycles. The molecule has 3 aromatic rings. The van der Waals surface area contributed by atoms with Crippen LogP contribution in [-0.4, -0.2) is 30.2 Å². The van der Waals surface area contributed by atoms with Gasteiger partial charge in [-0.05, 0) is 42.5 Å². The summed E-state index contributed by atoms with van der Waals surface area (Å²) in [7, 11) is 3.08. The molecule has 0 fully saturated rings. The molecule has 0 bridgehead atoms. The van der Waals surface area contributed by atoms with E-state index in [1.165, 1.54) is 18.4 Å². The number of amides is 1. The van der Waals surface area contributed by atoms with E-state index in [0.29, 0.717) is 23.6 Å². The van der Waals surface area contributed by atoms with Crippen LogP contribution in [-0.2, 0) is 6.54 Å². The minimum absolute atomic E-state index is 0.214. The number of phenolic OH excluding ortho intramolecular Hbond substituents is 1. The van der Waals surface area contributed by atoms with Gasteiger partial charge in [-0.1, -0.05) is 0 Å². The van der Waals surface area contributed by atoms with Gasteiger partial charge in [0.15, 0.2) is 11.5 Å². The highest BCUT2D eigenvalue weighted by atomic mass is 32.1. The molecule has 0 aliphatic carbocycles. The molecular weight excluding hydrogens is 352 g/mol. The summed E-state index contributed by atoms with van der Waals surface area (Å²) < 4.78 is 10.4. The molecule has 7 heteroatoms. The fourth-order valence-electron chi connectivity index (χ4n) is 2.39. The van der Waals surface area contributed by atoms with E-state index in [-0.39, 0.29) is 11.7 Å². The Morgan fingerprint density at radius 3 is 2.54 bits per heavy atom. The fraction of sp³-hybridized carbons (Fsp3) is 0.158. The van der Waals surface area contributed by atoms with Crippen LogP contribution in [0.1, 0.15) is 15.4 Å². The topological polar surface area (TPSA) is 80.7 Å². The molecular formula is C19H18N2O4S. The average Bonchev–Trinajstić information content (AvgIpc) is 3.15. The Kier molecular flexibility index (Phi) is 5.38. The molecule has 0 saturated heterocycles. The van der Waals surface area contributed by atoms with Crippen molar-refractivity contribution in [1.82, 2.24) is 10.3 Å². The van der Waals surface area contributed by atoms with E-state index in [2.05, 4.69) is 10.3 Å². The van der Waals surface area contributed by atoms with Crippen molar-refractivity contribution < 1.29 is 19.4 Å². The van der Waals surface area contributed by atoms with Crippen molar-refractivity contribution in [1.29, 1.82) is 0 Å². The van der Waals surface area contributed by atoms with E-state index in [4.69, 9.17) is 9.47 Å². The van der Waals surface area contributed by atoms with Crippen molar-refractivity contribution in [2.75, 3.05) is 14.2 Å². The number of aromatic nitrogens is 1. The van der Waals surface area contributed by atoms with Gasteiger partial charge in [-0.3, -0.25) is 4.79 Å². The smallest absolute Gasteiger partial charge is 0.251 e. The van der Waals surface area contributed by atoms with Crippen LogP contribution in [0.3, 0.4) is 0 Å². The molecule has 1 heterocycles. The Bertz CT molecular complexity index is 906. The van der Waals surface area contributed by atoms with Crippen LogP contribution in [0.2, 0.25) is 0 Å². The SMILES string of the molecule is COc1ccc(C(=O)NCc2nc(-c3ccc(O)cc3)cs2)cc1OC. The minimum Gasteiger partial charge on any atom is -0.508 e. The van der Waals surface area contributed by atoms with Crippen molar-refractivity contribution in [2.45, 2.75) is 6.54 Å². The number of nitrogens with one attached hydrogen (secondary N) is 1. The summed E-state index contributed by atoms with van der Waals surface area (Å²) in [4.78, 5) is 16.9. The van der Waals surface area contributed by atoms with Gasteiger partial charge in [0.25, 0.3) is 5.91 Å². The lowest BCUT2D eigenvalue weighted by atomic mass is 10.2. The Morgan fingerprint density at radius 1 is 1.12 bits per heavy atom. The molecule has 26 heavy (non-hydrogen) atoms. The molecule has 0 radical (unpaired) electrons. The van der Waals surface area contributed by atoms with Crippen LogP contribution in [0.4, 0.5) is 0 Å². The number of hydrogen-bond donors (Lipinski definition) is 2. The number of ether oxygens (including phenoxy) is 2. The highest BCUT2D eigenvalue weighted by Crippen LogP contribution is 2.27. The maximum Gasteiger partial charge on any atom is 0.251 e. The Labute approximate surface area is 155 Å². The van der Waals surface area contributed by atoms with Gasteiger partial charge in [0.1, 0.15) is 10.8 Å². The van der Waals surface area contributed by atoms with Crippen LogP contribution in [0.5, 0.6) is 17.2 Å². The monoisotopic (exact) mass is 370 g/mol. The third-order valence-corrected chi connectivity index (χ3v) is 4.61. The summed E-state index contributed by atoms with van der Waals surface area (Å²) >= 11 is 1.47. The van der Waals surface area contributed by atoms with E-state index in [1.54, 1.807) is 49.6 Å². The van der Waals surface area contributed by atoms with Crippen LogP contribution in [0, 0.1) is 0 Å².